The van der Waals surface area contributed by atoms with Crippen molar-refractivity contribution in [2.24, 2.45) is 0 Å². The van der Waals surface area contributed by atoms with Gasteiger partial charge in [0.25, 0.3) is 0 Å². The fourth-order valence-corrected chi connectivity index (χ4v) is 2.89. The first-order chi connectivity index (χ1) is 13.1. The van der Waals surface area contributed by atoms with Gasteiger partial charge in [-0.05, 0) is 36.9 Å². The quantitative estimate of drug-likeness (QED) is 0.797. The Bertz CT molecular complexity index is 754. The van der Waals surface area contributed by atoms with Crippen molar-refractivity contribution in [3.05, 3.63) is 60.2 Å². The van der Waals surface area contributed by atoms with Crippen LogP contribution in [0.1, 0.15) is 12.0 Å². The minimum absolute atomic E-state index is 0.122. The third-order valence-corrected chi connectivity index (χ3v) is 4.55. The van der Waals surface area contributed by atoms with Gasteiger partial charge in [0.05, 0.1) is 0 Å². The zero-order chi connectivity index (χ0) is 19.1. The molecule has 0 unspecified atom stereocenters. The number of hydrogen-bond donors (Lipinski definition) is 1. The molecule has 1 heterocycles. The third-order valence-electron chi connectivity index (χ3n) is 4.55. The van der Waals surface area contributed by atoms with Gasteiger partial charge in [-0.3, -0.25) is 9.59 Å². The fraction of sp³-hybridized carbons (Fsp3) is 0.333. The lowest BCUT2D eigenvalue weighted by molar-refractivity contribution is -0.135. The van der Waals surface area contributed by atoms with Crippen LogP contribution < -0.4 is 10.1 Å². The molecule has 0 bridgehead atoms. The summed E-state index contributed by atoms with van der Waals surface area (Å²) in [5.74, 6) is 0.311. The summed E-state index contributed by atoms with van der Waals surface area (Å²) in [5, 5.41) is 2.77. The van der Waals surface area contributed by atoms with Crippen LogP contribution in [0.5, 0.6) is 5.75 Å². The Hall–Kier alpha value is -2.86. The van der Waals surface area contributed by atoms with Crippen molar-refractivity contribution in [3.63, 3.8) is 0 Å². The topological polar surface area (TPSA) is 61.9 Å². The molecule has 0 saturated carbocycles. The van der Waals surface area contributed by atoms with Crippen LogP contribution in [-0.4, -0.2) is 54.8 Å². The van der Waals surface area contributed by atoms with Crippen LogP contribution in [0.4, 0.5) is 5.69 Å². The molecule has 0 aromatic heterocycles. The molecule has 1 aliphatic heterocycles. The van der Waals surface area contributed by atoms with E-state index in [1.807, 2.05) is 37.4 Å². The molecule has 1 aliphatic rings. The van der Waals surface area contributed by atoms with Gasteiger partial charge in [-0.25, -0.2) is 0 Å². The van der Waals surface area contributed by atoms with E-state index in [0.717, 1.165) is 24.4 Å². The molecule has 0 aliphatic carbocycles. The van der Waals surface area contributed by atoms with Crippen LogP contribution in [0.15, 0.2) is 54.6 Å². The number of nitrogens with one attached hydrogen (secondary N) is 1. The molecule has 2 aromatic carbocycles. The second-order valence-corrected chi connectivity index (χ2v) is 6.71. The zero-order valence-corrected chi connectivity index (χ0v) is 15.6. The van der Waals surface area contributed by atoms with Crippen molar-refractivity contribution >= 4 is 17.5 Å². The number of nitrogens with zero attached hydrogens (tertiary/aromatic N) is 2. The lowest BCUT2D eigenvalue weighted by atomic mass is 10.2. The van der Waals surface area contributed by atoms with E-state index in [0.29, 0.717) is 25.4 Å². The van der Waals surface area contributed by atoms with Crippen LogP contribution in [0.25, 0.3) is 0 Å². The first-order valence-corrected chi connectivity index (χ1v) is 9.13. The van der Waals surface area contributed by atoms with Crippen molar-refractivity contribution in [2.45, 2.75) is 13.0 Å². The van der Waals surface area contributed by atoms with Gasteiger partial charge in [0.1, 0.15) is 18.8 Å². The van der Waals surface area contributed by atoms with Crippen LogP contribution in [0, 0.1) is 0 Å². The Morgan fingerprint density at radius 2 is 1.63 bits per heavy atom. The van der Waals surface area contributed by atoms with Gasteiger partial charge < -0.3 is 19.9 Å². The summed E-state index contributed by atoms with van der Waals surface area (Å²) in [6, 6.07) is 17.1. The molecular weight excluding hydrogens is 342 g/mol. The van der Waals surface area contributed by atoms with E-state index < -0.39 is 0 Å². The van der Waals surface area contributed by atoms with Gasteiger partial charge in [-0.15, -0.1) is 0 Å². The average Bonchev–Trinajstić information content (AvgIpc) is 2.68. The second kappa shape index (κ2) is 9.19. The van der Waals surface area contributed by atoms with E-state index in [9.17, 15) is 9.59 Å². The molecular formula is C21H25N3O3. The van der Waals surface area contributed by atoms with E-state index >= 15 is 0 Å². The molecule has 27 heavy (non-hydrogen) atoms. The molecule has 2 amide bonds. The number of piperazine rings is 1. The fourth-order valence-electron chi connectivity index (χ4n) is 2.89. The Morgan fingerprint density at radius 1 is 0.963 bits per heavy atom. The van der Waals surface area contributed by atoms with E-state index in [-0.39, 0.29) is 18.2 Å². The largest absolute Gasteiger partial charge is 0.489 e. The molecule has 2 aromatic rings. The first kappa shape index (κ1) is 18.9. The molecule has 1 fully saturated rings. The molecule has 1 N–H and O–H groups in total. The molecule has 0 radical (unpaired) electrons. The monoisotopic (exact) mass is 367 g/mol. The number of hydrogen-bond acceptors (Lipinski definition) is 4. The SMILES string of the molecule is CN1CCN(C(=O)CC(=O)Nc2ccc(OCc3ccccc3)cc2)CC1. The highest BCUT2D eigenvalue weighted by molar-refractivity contribution is 6.03. The smallest absolute Gasteiger partial charge is 0.233 e. The van der Waals surface area contributed by atoms with Crippen molar-refractivity contribution in [1.29, 1.82) is 0 Å². The van der Waals surface area contributed by atoms with Crippen molar-refractivity contribution in [3.8, 4) is 5.75 Å². The number of ether oxygens (including phenoxy) is 1. The minimum Gasteiger partial charge on any atom is -0.489 e. The Morgan fingerprint density at radius 3 is 2.30 bits per heavy atom. The number of carbonyl (C=O) groups excluding carboxylic acids is 2. The molecule has 0 spiro atoms. The number of benzene rings is 2. The van der Waals surface area contributed by atoms with Gasteiger partial charge in [0.2, 0.25) is 11.8 Å². The van der Waals surface area contributed by atoms with Crippen LogP contribution >= 0.6 is 0 Å². The number of rotatable bonds is 6. The Labute approximate surface area is 159 Å². The van der Waals surface area contributed by atoms with E-state index in [1.54, 1.807) is 29.2 Å². The standard InChI is InChI=1S/C21H25N3O3/c1-23-11-13-24(14-12-23)21(26)15-20(25)22-18-7-9-19(10-8-18)27-16-17-5-3-2-4-6-17/h2-10H,11-16H2,1H3,(H,22,25). The van der Waals surface area contributed by atoms with Gasteiger partial charge in [-0.1, -0.05) is 30.3 Å². The molecule has 142 valence electrons. The number of likely N-dealkylation sites (N-methyl/N-ethyl adjacent to an activating group) is 1. The average molecular weight is 367 g/mol. The van der Waals surface area contributed by atoms with Gasteiger partial charge in [0.15, 0.2) is 0 Å². The van der Waals surface area contributed by atoms with Crippen molar-refractivity contribution < 1.29 is 14.3 Å². The minimum atomic E-state index is -0.295. The number of amides is 2. The normalized spacial score (nSPS) is 14.6. The van der Waals surface area contributed by atoms with Crippen LogP contribution in [0.3, 0.4) is 0 Å². The summed E-state index contributed by atoms with van der Waals surface area (Å²) in [5.41, 5.74) is 1.75. The maximum Gasteiger partial charge on any atom is 0.233 e. The maximum absolute atomic E-state index is 12.2. The molecule has 1 saturated heterocycles. The predicted octanol–water partition coefficient (Wildman–Crippen LogP) is 2.37. The second-order valence-electron chi connectivity index (χ2n) is 6.71. The lowest BCUT2D eigenvalue weighted by Gasteiger charge is -2.32. The highest BCUT2D eigenvalue weighted by atomic mass is 16.5. The van der Waals surface area contributed by atoms with Gasteiger partial charge >= 0.3 is 0 Å². The van der Waals surface area contributed by atoms with Crippen LogP contribution in [0.2, 0.25) is 0 Å². The van der Waals surface area contributed by atoms with E-state index in [1.165, 1.54) is 0 Å². The van der Waals surface area contributed by atoms with Crippen molar-refractivity contribution in [2.75, 3.05) is 38.5 Å². The highest BCUT2D eigenvalue weighted by Gasteiger charge is 2.21. The zero-order valence-electron chi connectivity index (χ0n) is 15.6. The van der Waals surface area contributed by atoms with Crippen molar-refractivity contribution in [1.82, 2.24) is 9.80 Å². The van der Waals surface area contributed by atoms with Crippen LogP contribution in [-0.2, 0) is 16.2 Å². The lowest BCUT2D eigenvalue weighted by Crippen LogP contribution is -2.47. The Balaban J connectivity index is 1.44. The maximum atomic E-state index is 12.2. The predicted molar refractivity (Wildman–Crippen MR) is 105 cm³/mol. The number of carbonyl (C=O) groups is 2. The van der Waals surface area contributed by atoms with E-state index in [2.05, 4.69) is 10.2 Å². The summed E-state index contributed by atoms with van der Waals surface area (Å²) in [7, 11) is 2.03. The summed E-state index contributed by atoms with van der Waals surface area (Å²) in [6.45, 7) is 3.54. The highest BCUT2D eigenvalue weighted by Crippen LogP contribution is 2.17. The summed E-state index contributed by atoms with van der Waals surface area (Å²) in [6.07, 6.45) is -0.129. The molecule has 3 rings (SSSR count). The van der Waals surface area contributed by atoms with E-state index in [4.69, 9.17) is 4.74 Å². The molecule has 6 nitrogen and oxygen atoms in total. The third kappa shape index (κ3) is 5.82. The first-order valence-electron chi connectivity index (χ1n) is 9.13. The summed E-state index contributed by atoms with van der Waals surface area (Å²) >= 11 is 0. The Kier molecular flexibility index (Phi) is 6.44. The molecule has 6 heteroatoms. The molecule has 0 atom stereocenters. The summed E-state index contributed by atoms with van der Waals surface area (Å²) in [4.78, 5) is 28.3. The van der Waals surface area contributed by atoms with Gasteiger partial charge in [0, 0.05) is 31.9 Å². The van der Waals surface area contributed by atoms with Gasteiger partial charge in [-0.2, -0.15) is 0 Å². The summed E-state index contributed by atoms with van der Waals surface area (Å²) < 4.78 is 5.73. The number of anilines is 1.